The Bertz CT molecular complexity index is 497. The molecule has 0 nitrogen and oxygen atoms in total. The molecule has 0 aromatic rings. The first-order valence-electron chi connectivity index (χ1n) is 7.57. The van der Waals surface area contributed by atoms with Crippen LogP contribution in [0.5, 0.6) is 0 Å². The smallest absolute Gasteiger partial charge is 0.0292 e. The minimum absolute atomic E-state index is 0.00371. The van der Waals surface area contributed by atoms with Gasteiger partial charge in [-0.25, -0.2) is 0 Å². The van der Waals surface area contributed by atoms with Gasteiger partial charge in [-0.2, -0.15) is 0 Å². The fourth-order valence-corrected chi connectivity index (χ4v) is 442. The van der Waals surface area contributed by atoms with Gasteiger partial charge in [0.25, 0.3) is 0 Å². The van der Waals surface area contributed by atoms with Crippen molar-refractivity contribution >= 4 is 274 Å². The van der Waals surface area contributed by atoms with Gasteiger partial charge in [0.05, 0.1) is 0 Å². The molecule has 0 rings (SSSR count). The molecule has 34 heavy (non-hydrogen) atoms. The zero-order valence-corrected chi connectivity index (χ0v) is 51.9. The molecule has 0 fully saturated rings. The molecule has 0 aliphatic heterocycles. The third-order valence-corrected chi connectivity index (χ3v) is 227. The summed E-state index contributed by atoms with van der Waals surface area (Å²) in [5, 5.41) is 0. The van der Waals surface area contributed by atoms with E-state index < -0.39 is 0 Å². The standard InChI is InChI=1S/H33P33S/c1-17-26(16)31(25(14)15)33(30(23(10)11)24(12)13)27(18-34)32(28(19(2)3)20(4)5)29(21(6)7)22(8)9/h17H,1-16H2. The predicted octanol–water partition coefficient (Wildman–Crippen LogP) is 19.6. The molecule has 0 saturated heterocycles. The van der Waals surface area contributed by atoms with Gasteiger partial charge in [-0.3, -0.25) is 0 Å². The summed E-state index contributed by atoms with van der Waals surface area (Å²) in [4.78, 5) is 0. The van der Waals surface area contributed by atoms with Crippen LogP contribution in [0, 0.1) is 0 Å². The van der Waals surface area contributed by atoms with Crippen molar-refractivity contribution in [1.29, 1.82) is 0 Å². The van der Waals surface area contributed by atoms with Crippen molar-refractivity contribution in [3.05, 3.63) is 0 Å². The molecular weight excluding hydrogens is 1050 g/mol. The predicted molar refractivity (Wildman–Crippen MR) is 282 cm³/mol. The highest BCUT2D eigenvalue weighted by molar-refractivity contribution is 9.44. The van der Waals surface area contributed by atoms with E-state index in [1.54, 1.807) is 0 Å². The van der Waals surface area contributed by atoms with E-state index in [9.17, 15) is 0 Å². The average molecular weight is 1090 g/mol. The van der Waals surface area contributed by atoms with Crippen molar-refractivity contribution in [2.75, 3.05) is 0 Å². The van der Waals surface area contributed by atoms with E-state index in [4.69, 9.17) is 11.8 Å². The van der Waals surface area contributed by atoms with Crippen molar-refractivity contribution in [3.63, 3.8) is 0 Å². The molecular formula is H33P33S. The van der Waals surface area contributed by atoms with E-state index in [0.29, 0.717) is 0 Å². The van der Waals surface area contributed by atoms with Gasteiger partial charge < -0.3 is 0 Å². The lowest BCUT2D eigenvalue weighted by atomic mass is 28.5. The molecule has 21 unspecified atom stereocenters. The Balaban J connectivity index is 7.37. The molecule has 0 aliphatic rings. The minimum Gasteiger partial charge on any atom is -0.109 e. The first kappa shape index (κ1) is 48.3. The van der Waals surface area contributed by atoms with Crippen LogP contribution in [0.25, 0.3) is 0 Å². The second-order valence-corrected chi connectivity index (χ2v) is 138. The highest BCUT2D eigenvalue weighted by Crippen LogP contribution is 3.38. The van der Waals surface area contributed by atoms with Crippen LogP contribution < -0.4 is 0 Å². The van der Waals surface area contributed by atoms with Crippen LogP contribution in [0.1, 0.15) is 0 Å². The molecule has 0 saturated carbocycles. The second-order valence-electron chi connectivity index (χ2n) is 5.09. The molecule has 0 amide bonds. The van der Waals surface area contributed by atoms with Crippen LogP contribution in [-0.4, -0.2) is 0 Å². The molecule has 0 aliphatic carbocycles. The lowest BCUT2D eigenvalue weighted by Crippen LogP contribution is -1.64. The highest BCUT2D eigenvalue weighted by atomic mass is 33.5. The summed E-state index contributed by atoms with van der Waals surface area (Å²) < 4.78 is 0. The summed E-state index contributed by atoms with van der Waals surface area (Å²) in [5.74, 6) is 0. The van der Waals surface area contributed by atoms with Crippen molar-refractivity contribution in [3.8, 4) is 0 Å². The summed E-state index contributed by atoms with van der Waals surface area (Å²) >= 11 is 6.26. The van der Waals surface area contributed by atoms with Crippen molar-refractivity contribution in [2.24, 2.45) is 0 Å². The normalized spacial score (nSPS) is 17.7. The van der Waals surface area contributed by atoms with Crippen LogP contribution in [0.3, 0.4) is 0 Å². The maximum absolute atomic E-state index is 6.26. The van der Waals surface area contributed by atoms with Gasteiger partial charge in [0.2, 0.25) is 0 Å². The van der Waals surface area contributed by atoms with E-state index in [1.807, 2.05) is 0 Å². The second kappa shape index (κ2) is 27.0. The Morgan fingerprint density at radius 3 is 0.824 bits per heavy atom. The van der Waals surface area contributed by atoms with Crippen LogP contribution in [0.15, 0.2) is 0 Å². The summed E-state index contributed by atoms with van der Waals surface area (Å²) in [6.07, 6.45) is 0. The summed E-state index contributed by atoms with van der Waals surface area (Å²) in [7, 11) is 54.9. The van der Waals surface area contributed by atoms with E-state index in [0.717, 1.165) is 7.96 Å². The fraction of sp³-hybridized carbons (Fsp3) is 0. The highest BCUT2D eigenvalue weighted by Gasteiger charge is 2.51. The molecule has 0 bridgehead atoms. The van der Waals surface area contributed by atoms with Gasteiger partial charge in [0.1, 0.15) is 0 Å². The number of hydrogen-bond acceptors (Lipinski definition) is 1. The SMILES string of the molecule is PPP(P)P(P(P)P)P(P(P=S)P(P(P(P)P)P(P)P)P(P(P)P)P(P)P)P(P(P)P)P(P)P. The van der Waals surface area contributed by atoms with Gasteiger partial charge >= 0.3 is 0 Å². The molecule has 34 heteroatoms. The molecule has 0 aromatic heterocycles. The Hall–Kier alpha value is 14.3. The largest absolute Gasteiger partial charge is 0.109 e. The molecule has 0 radical (unpaired) electrons. The van der Waals surface area contributed by atoms with Gasteiger partial charge in [0.15, 0.2) is 0 Å². The van der Waals surface area contributed by atoms with Crippen LogP contribution >= 0.6 is 263 Å². The van der Waals surface area contributed by atoms with Crippen molar-refractivity contribution in [2.45, 2.75) is 0 Å². The zero-order valence-electron chi connectivity index (χ0n) is 17.3. The van der Waals surface area contributed by atoms with Crippen LogP contribution in [0.2, 0.25) is 0 Å². The lowest BCUT2D eigenvalue weighted by molar-refractivity contribution is 4.43. The van der Waals surface area contributed by atoms with Crippen LogP contribution in [0.4, 0.5) is 0 Å². The van der Waals surface area contributed by atoms with Gasteiger partial charge in [-0.1, -0.05) is 19.8 Å². The third-order valence-electron chi connectivity index (χ3n) is 2.80. The van der Waals surface area contributed by atoms with E-state index in [1.165, 1.54) is 7.04 Å². The van der Waals surface area contributed by atoms with Gasteiger partial charge in [0, 0.05) is 28.0 Å². The number of rotatable bonds is 16. The molecule has 0 aromatic carbocycles. The van der Waals surface area contributed by atoms with E-state index in [-0.39, 0.29) is 105 Å². The summed E-state index contributed by atoms with van der Waals surface area (Å²) in [6, 6.07) is 0. The zero-order chi connectivity index (χ0) is 27.1. The van der Waals surface area contributed by atoms with Gasteiger partial charge in [-0.15, -0.1) is 143 Å². The topological polar surface area (TPSA) is 0 Å². The first-order chi connectivity index (χ1) is 15.6. The molecule has 21 atom stereocenters. The molecule has 0 heterocycles. The molecule has 0 spiro atoms. The first-order valence-corrected chi connectivity index (χ1v) is 68.1. The Morgan fingerprint density at radius 2 is 0.647 bits per heavy atom. The maximum Gasteiger partial charge on any atom is 0.0292 e. The summed E-state index contributed by atoms with van der Waals surface area (Å²) in [6.45, 7) is -1.08. The van der Waals surface area contributed by atoms with Crippen LogP contribution in [-0.2, 0) is 11.8 Å². The van der Waals surface area contributed by atoms with Crippen molar-refractivity contribution in [1.82, 2.24) is 0 Å². The lowest BCUT2D eigenvalue weighted by Gasteiger charge is -2.51. The maximum atomic E-state index is 6.26. The van der Waals surface area contributed by atoms with E-state index >= 15 is 0 Å². The quantitative estimate of drug-likeness (QED) is 0.139. The van der Waals surface area contributed by atoms with E-state index in [2.05, 4.69) is 143 Å². The summed E-state index contributed by atoms with van der Waals surface area (Å²) in [5.41, 5.74) is 0. The minimum atomic E-state index is -0.151. The third kappa shape index (κ3) is 17.2. The van der Waals surface area contributed by atoms with Gasteiger partial charge in [-0.05, 0) is 83.8 Å². The number of hydrogen-bond donors (Lipinski definition) is 0. The monoisotopic (exact) mass is 1090 g/mol. The average Bonchev–Trinajstić information content (AvgIpc) is 2.66. The Labute approximate surface area is 271 Å². The Morgan fingerprint density at radius 1 is 0.412 bits per heavy atom. The Kier molecular flexibility index (Phi) is 38.3. The fourth-order valence-electron chi connectivity index (χ4n) is 1.82. The molecule has 204 valence electrons. The molecule has 0 N–H and O–H groups in total. The van der Waals surface area contributed by atoms with Crippen molar-refractivity contribution < 1.29 is 0 Å².